The molecule has 3 rings (SSSR count). The minimum absolute atomic E-state index is 0.181. The second-order valence-electron chi connectivity index (χ2n) is 6.53. The first-order valence-electron chi connectivity index (χ1n) is 8.44. The standard InChI is InChI=1S/C18H24N4OS/c1-21(2)17-13-19-15(12-20-17)11-14-5-3-8-22(9-7-14)18(23)16-6-4-10-24-16/h4,6,10,12-14H,3,5,7-9,11H2,1-2H3. The van der Waals surface area contributed by atoms with E-state index in [1.54, 1.807) is 0 Å². The predicted octanol–water partition coefficient (Wildman–Crippen LogP) is 3.09. The fourth-order valence-corrected chi connectivity index (χ4v) is 3.80. The molecule has 0 aliphatic carbocycles. The van der Waals surface area contributed by atoms with Crippen LogP contribution in [-0.2, 0) is 6.42 Å². The summed E-state index contributed by atoms with van der Waals surface area (Å²) in [5, 5.41) is 1.96. The number of hydrogen-bond donors (Lipinski definition) is 0. The van der Waals surface area contributed by atoms with E-state index < -0.39 is 0 Å². The maximum absolute atomic E-state index is 12.5. The Morgan fingerprint density at radius 1 is 1.29 bits per heavy atom. The summed E-state index contributed by atoms with van der Waals surface area (Å²) in [7, 11) is 3.93. The molecule has 24 heavy (non-hydrogen) atoms. The maximum atomic E-state index is 12.5. The van der Waals surface area contributed by atoms with E-state index in [0.717, 1.165) is 55.2 Å². The van der Waals surface area contributed by atoms with Gasteiger partial charge >= 0.3 is 0 Å². The number of carbonyl (C=O) groups is 1. The lowest BCUT2D eigenvalue weighted by Gasteiger charge is -2.20. The fourth-order valence-electron chi connectivity index (χ4n) is 3.11. The second-order valence-corrected chi connectivity index (χ2v) is 7.48. The Hall–Kier alpha value is -1.95. The molecule has 1 unspecified atom stereocenters. The predicted molar refractivity (Wildman–Crippen MR) is 97.6 cm³/mol. The van der Waals surface area contributed by atoms with Crippen LogP contribution in [-0.4, -0.2) is 48.0 Å². The van der Waals surface area contributed by atoms with Gasteiger partial charge in [0.15, 0.2) is 0 Å². The van der Waals surface area contributed by atoms with E-state index in [1.807, 2.05) is 53.8 Å². The van der Waals surface area contributed by atoms with Gasteiger partial charge in [-0.25, -0.2) is 4.98 Å². The molecule has 1 saturated heterocycles. The Balaban J connectivity index is 1.56. The van der Waals surface area contributed by atoms with Gasteiger partial charge in [-0.1, -0.05) is 6.07 Å². The quantitative estimate of drug-likeness (QED) is 0.855. The molecule has 0 saturated carbocycles. The van der Waals surface area contributed by atoms with Gasteiger partial charge in [0.05, 0.1) is 23.0 Å². The van der Waals surface area contributed by atoms with Crippen molar-refractivity contribution in [3.63, 3.8) is 0 Å². The van der Waals surface area contributed by atoms with E-state index >= 15 is 0 Å². The molecule has 2 aromatic heterocycles. The lowest BCUT2D eigenvalue weighted by molar-refractivity contribution is 0.0765. The van der Waals surface area contributed by atoms with Gasteiger partial charge in [-0.15, -0.1) is 11.3 Å². The highest BCUT2D eigenvalue weighted by molar-refractivity contribution is 7.12. The van der Waals surface area contributed by atoms with Gasteiger partial charge in [-0.3, -0.25) is 9.78 Å². The summed E-state index contributed by atoms with van der Waals surface area (Å²) in [6, 6.07) is 3.85. The minimum atomic E-state index is 0.181. The van der Waals surface area contributed by atoms with Crippen LogP contribution in [0.1, 0.15) is 34.6 Å². The molecular formula is C18H24N4OS. The summed E-state index contributed by atoms with van der Waals surface area (Å²) in [5.74, 6) is 1.64. The third-order valence-electron chi connectivity index (χ3n) is 4.51. The van der Waals surface area contributed by atoms with E-state index in [1.165, 1.54) is 11.3 Å². The van der Waals surface area contributed by atoms with Crippen LogP contribution in [0.3, 0.4) is 0 Å². The molecule has 0 bridgehead atoms. The van der Waals surface area contributed by atoms with Gasteiger partial charge in [0.2, 0.25) is 0 Å². The minimum Gasteiger partial charge on any atom is -0.361 e. The molecule has 0 N–H and O–H groups in total. The molecule has 1 atom stereocenters. The highest BCUT2D eigenvalue weighted by atomic mass is 32.1. The molecule has 1 fully saturated rings. The fraction of sp³-hybridized carbons (Fsp3) is 0.500. The van der Waals surface area contributed by atoms with E-state index in [4.69, 9.17) is 0 Å². The van der Waals surface area contributed by atoms with Crippen molar-refractivity contribution >= 4 is 23.1 Å². The molecule has 1 aliphatic rings. The number of amides is 1. The van der Waals surface area contributed by atoms with Crippen molar-refractivity contribution in [3.05, 3.63) is 40.5 Å². The number of thiophene rings is 1. The molecular weight excluding hydrogens is 320 g/mol. The first-order chi connectivity index (χ1) is 11.6. The van der Waals surface area contributed by atoms with Gasteiger partial charge in [0.1, 0.15) is 5.82 Å². The van der Waals surface area contributed by atoms with E-state index in [9.17, 15) is 4.79 Å². The van der Waals surface area contributed by atoms with Crippen molar-refractivity contribution in [2.45, 2.75) is 25.7 Å². The number of hydrogen-bond acceptors (Lipinski definition) is 5. The third-order valence-corrected chi connectivity index (χ3v) is 5.37. The molecule has 1 amide bonds. The molecule has 3 heterocycles. The summed E-state index contributed by atoms with van der Waals surface area (Å²) in [5.41, 5.74) is 1.05. The van der Waals surface area contributed by atoms with E-state index in [0.29, 0.717) is 5.92 Å². The zero-order valence-electron chi connectivity index (χ0n) is 14.3. The Kier molecular flexibility index (Phi) is 5.45. The highest BCUT2D eigenvalue weighted by Gasteiger charge is 2.22. The molecule has 5 nitrogen and oxygen atoms in total. The van der Waals surface area contributed by atoms with E-state index in [2.05, 4.69) is 9.97 Å². The topological polar surface area (TPSA) is 49.3 Å². The monoisotopic (exact) mass is 344 g/mol. The Morgan fingerprint density at radius 3 is 2.83 bits per heavy atom. The number of carbonyl (C=O) groups excluding carboxylic acids is 1. The first kappa shape index (κ1) is 16.9. The number of rotatable bonds is 4. The summed E-state index contributed by atoms with van der Waals surface area (Å²) in [6.45, 7) is 1.70. The summed E-state index contributed by atoms with van der Waals surface area (Å²) < 4.78 is 0. The second kappa shape index (κ2) is 7.75. The average molecular weight is 344 g/mol. The van der Waals surface area contributed by atoms with Crippen LogP contribution in [0.5, 0.6) is 0 Å². The van der Waals surface area contributed by atoms with Crippen LogP contribution < -0.4 is 4.90 Å². The van der Waals surface area contributed by atoms with E-state index in [-0.39, 0.29) is 5.91 Å². The SMILES string of the molecule is CN(C)c1cnc(CC2CCCN(C(=O)c3cccs3)CC2)cn1. The van der Waals surface area contributed by atoms with Crippen molar-refractivity contribution in [1.29, 1.82) is 0 Å². The van der Waals surface area contributed by atoms with Crippen molar-refractivity contribution in [3.8, 4) is 0 Å². The molecule has 128 valence electrons. The average Bonchev–Trinajstić information content (AvgIpc) is 3.02. The highest BCUT2D eigenvalue weighted by Crippen LogP contribution is 2.23. The Labute approximate surface area is 147 Å². The van der Waals surface area contributed by atoms with Crippen molar-refractivity contribution in [1.82, 2.24) is 14.9 Å². The van der Waals surface area contributed by atoms with Crippen molar-refractivity contribution < 1.29 is 4.79 Å². The summed E-state index contributed by atoms with van der Waals surface area (Å²) >= 11 is 1.53. The number of anilines is 1. The molecule has 1 aliphatic heterocycles. The van der Waals surface area contributed by atoms with Crippen LogP contribution in [0.15, 0.2) is 29.9 Å². The van der Waals surface area contributed by atoms with Crippen LogP contribution >= 0.6 is 11.3 Å². The third kappa shape index (κ3) is 4.12. The zero-order chi connectivity index (χ0) is 16.9. The van der Waals surface area contributed by atoms with Crippen molar-refractivity contribution in [2.24, 2.45) is 5.92 Å². The summed E-state index contributed by atoms with van der Waals surface area (Å²) in [4.78, 5) is 26.3. The maximum Gasteiger partial charge on any atom is 0.263 e. The molecule has 0 spiro atoms. The van der Waals surface area contributed by atoms with Crippen LogP contribution in [0.25, 0.3) is 0 Å². The van der Waals surface area contributed by atoms with Gasteiger partial charge in [-0.05, 0) is 43.0 Å². The lowest BCUT2D eigenvalue weighted by Crippen LogP contribution is -2.31. The number of likely N-dealkylation sites (tertiary alicyclic amines) is 1. The number of nitrogens with zero attached hydrogens (tertiary/aromatic N) is 4. The zero-order valence-corrected chi connectivity index (χ0v) is 15.1. The van der Waals surface area contributed by atoms with Crippen LogP contribution in [0.4, 0.5) is 5.82 Å². The largest absolute Gasteiger partial charge is 0.361 e. The van der Waals surface area contributed by atoms with Gasteiger partial charge in [0.25, 0.3) is 5.91 Å². The smallest absolute Gasteiger partial charge is 0.263 e. The first-order valence-corrected chi connectivity index (χ1v) is 9.32. The Bertz CT molecular complexity index is 654. The molecule has 6 heteroatoms. The van der Waals surface area contributed by atoms with Crippen LogP contribution in [0, 0.1) is 5.92 Å². The molecule has 2 aromatic rings. The van der Waals surface area contributed by atoms with Gasteiger partial charge < -0.3 is 9.80 Å². The van der Waals surface area contributed by atoms with Gasteiger partial charge in [-0.2, -0.15) is 0 Å². The van der Waals surface area contributed by atoms with Crippen LogP contribution in [0.2, 0.25) is 0 Å². The normalized spacial score (nSPS) is 18.2. The van der Waals surface area contributed by atoms with Crippen molar-refractivity contribution in [2.75, 3.05) is 32.1 Å². The van der Waals surface area contributed by atoms with Gasteiger partial charge in [0, 0.05) is 27.2 Å². The number of aromatic nitrogens is 2. The molecule has 0 aromatic carbocycles. The summed E-state index contributed by atoms with van der Waals surface area (Å²) in [6.07, 6.45) is 7.90. The Morgan fingerprint density at radius 2 is 2.17 bits per heavy atom. The lowest BCUT2D eigenvalue weighted by atomic mass is 9.95. The molecule has 0 radical (unpaired) electrons.